The second-order valence-corrected chi connectivity index (χ2v) is 7.09. The molecular formula is C22H25N3O5. The lowest BCUT2D eigenvalue weighted by Crippen LogP contribution is -2.51. The first-order valence-corrected chi connectivity index (χ1v) is 9.89. The van der Waals surface area contributed by atoms with Crippen molar-refractivity contribution in [3.63, 3.8) is 0 Å². The smallest absolute Gasteiger partial charge is 0.340 e. The summed E-state index contributed by atoms with van der Waals surface area (Å²) in [6.07, 6.45) is 0. The van der Waals surface area contributed by atoms with Crippen molar-refractivity contribution in [3.05, 3.63) is 47.3 Å². The van der Waals surface area contributed by atoms with E-state index in [1.54, 1.807) is 43.0 Å². The monoisotopic (exact) mass is 411 g/mol. The average molecular weight is 411 g/mol. The molecule has 0 unspecified atom stereocenters. The topological polar surface area (TPSA) is 99.8 Å². The Kier molecular flexibility index (Phi) is 6.34. The van der Waals surface area contributed by atoms with E-state index in [0.717, 1.165) is 0 Å². The maximum atomic E-state index is 13.1. The highest BCUT2D eigenvalue weighted by atomic mass is 16.5. The third kappa shape index (κ3) is 4.12. The number of Topliss-reactive ketones (excluding diaryl/α,β-unsaturated/α-hetero) is 1. The summed E-state index contributed by atoms with van der Waals surface area (Å²) < 4.78 is 5.17. The number of carbonyl (C=O) groups excluding carboxylic acids is 4. The van der Waals surface area contributed by atoms with Crippen molar-refractivity contribution in [2.45, 2.75) is 20.8 Å². The number of benzene rings is 1. The van der Waals surface area contributed by atoms with E-state index < -0.39 is 17.7 Å². The molecule has 0 atom stereocenters. The highest BCUT2D eigenvalue weighted by molar-refractivity contribution is 6.43. The van der Waals surface area contributed by atoms with Crippen molar-refractivity contribution in [2.75, 3.05) is 32.8 Å². The lowest BCUT2D eigenvalue weighted by Gasteiger charge is -2.33. The normalized spacial score (nSPS) is 13.8. The minimum Gasteiger partial charge on any atom is -0.462 e. The zero-order chi connectivity index (χ0) is 21.8. The van der Waals surface area contributed by atoms with Crippen LogP contribution in [0.2, 0.25) is 0 Å². The molecule has 2 heterocycles. The molecule has 0 spiro atoms. The maximum Gasteiger partial charge on any atom is 0.340 e. The number of ketones is 1. The van der Waals surface area contributed by atoms with Crippen LogP contribution in [0.25, 0.3) is 11.1 Å². The summed E-state index contributed by atoms with van der Waals surface area (Å²) in [6.45, 7) is 6.40. The molecule has 3 rings (SSSR count). The van der Waals surface area contributed by atoms with Gasteiger partial charge in [-0.15, -0.1) is 0 Å². The molecule has 0 saturated carbocycles. The van der Waals surface area contributed by atoms with Crippen molar-refractivity contribution in [1.29, 1.82) is 0 Å². The fourth-order valence-corrected chi connectivity index (χ4v) is 3.62. The summed E-state index contributed by atoms with van der Waals surface area (Å²) in [6, 6.07) is 8.97. The minimum atomic E-state index is -0.719. The van der Waals surface area contributed by atoms with Crippen LogP contribution >= 0.6 is 0 Å². The fourth-order valence-electron chi connectivity index (χ4n) is 3.62. The van der Waals surface area contributed by atoms with E-state index in [2.05, 4.69) is 4.98 Å². The lowest BCUT2D eigenvalue weighted by molar-refractivity contribution is -0.135. The molecule has 1 aromatic carbocycles. The number of aryl methyl sites for hydroxylation is 1. The first-order valence-electron chi connectivity index (χ1n) is 9.89. The number of hydrogen-bond acceptors (Lipinski definition) is 5. The first kappa shape index (κ1) is 21.3. The van der Waals surface area contributed by atoms with Crippen LogP contribution in [0.4, 0.5) is 0 Å². The van der Waals surface area contributed by atoms with E-state index in [1.165, 1.54) is 11.8 Å². The predicted molar refractivity (Wildman–Crippen MR) is 110 cm³/mol. The molecule has 2 amide bonds. The second kappa shape index (κ2) is 8.94. The number of nitrogens with one attached hydrogen (secondary N) is 1. The Morgan fingerprint density at radius 3 is 2.17 bits per heavy atom. The minimum absolute atomic E-state index is 0.0566. The van der Waals surface area contributed by atoms with Crippen LogP contribution in [0.1, 0.15) is 40.4 Å². The molecule has 1 aromatic heterocycles. The zero-order valence-corrected chi connectivity index (χ0v) is 17.4. The Hall–Kier alpha value is -3.42. The number of aromatic nitrogens is 1. The Bertz CT molecular complexity index is 972. The quantitative estimate of drug-likeness (QED) is 0.461. The van der Waals surface area contributed by atoms with Gasteiger partial charge in [0.2, 0.25) is 5.91 Å². The van der Waals surface area contributed by atoms with Gasteiger partial charge in [-0.2, -0.15) is 0 Å². The summed E-state index contributed by atoms with van der Waals surface area (Å²) in [5.74, 6) is -1.98. The van der Waals surface area contributed by atoms with Crippen molar-refractivity contribution >= 4 is 23.6 Å². The summed E-state index contributed by atoms with van der Waals surface area (Å²) in [4.78, 5) is 56.1. The van der Waals surface area contributed by atoms with Gasteiger partial charge in [0.05, 0.1) is 12.2 Å². The Labute approximate surface area is 174 Å². The van der Waals surface area contributed by atoms with Gasteiger partial charge in [0.25, 0.3) is 11.7 Å². The maximum absolute atomic E-state index is 13.1. The molecule has 0 aliphatic carbocycles. The molecule has 1 aliphatic rings. The van der Waals surface area contributed by atoms with Crippen LogP contribution in [0, 0.1) is 6.92 Å². The number of rotatable bonds is 5. The SMILES string of the molecule is CCOC(=O)c1c(C)[nH]c(C(=O)C(=O)N2CCN(C(C)=O)CC2)c1-c1ccccc1. The largest absolute Gasteiger partial charge is 0.462 e. The van der Waals surface area contributed by atoms with Crippen LogP contribution in [0.15, 0.2) is 30.3 Å². The van der Waals surface area contributed by atoms with Crippen LogP contribution in [-0.2, 0) is 14.3 Å². The van der Waals surface area contributed by atoms with E-state index in [0.29, 0.717) is 29.9 Å². The number of H-pyrrole nitrogens is 1. The number of amides is 2. The Balaban J connectivity index is 1.96. The molecule has 0 bridgehead atoms. The van der Waals surface area contributed by atoms with Gasteiger partial charge in [-0.1, -0.05) is 30.3 Å². The molecule has 0 radical (unpaired) electrons. The molecule has 1 N–H and O–H groups in total. The van der Waals surface area contributed by atoms with E-state index in [-0.39, 0.29) is 36.9 Å². The van der Waals surface area contributed by atoms with Gasteiger partial charge >= 0.3 is 5.97 Å². The van der Waals surface area contributed by atoms with Gasteiger partial charge in [0, 0.05) is 44.4 Å². The number of esters is 1. The van der Waals surface area contributed by atoms with Gasteiger partial charge in [-0.25, -0.2) is 4.79 Å². The van der Waals surface area contributed by atoms with Gasteiger partial charge in [-0.3, -0.25) is 14.4 Å². The standard InChI is InChI=1S/C22H25N3O5/c1-4-30-22(29)17-14(2)23-19(18(17)16-8-6-5-7-9-16)20(27)21(28)25-12-10-24(11-13-25)15(3)26/h5-9,23H,4,10-13H2,1-3H3. The van der Waals surface area contributed by atoms with Crippen LogP contribution < -0.4 is 0 Å². The highest BCUT2D eigenvalue weighted by Gasteiger charge is 2.33. The molecular weight excluding hydrogens is 386 g/mol. The third-order valence-electron chi connectivity index (χ3n) is 5.16. The van der Waals surface area contributed by atoms with Crippen LogP contribution in [0.3, 0.4) is 0 Å². The molecule has 158 valence electrons. The van der Waals surface area contributed by atoms with E-state index >= 15 is 0 Å². The van der Waals surface area contributed by atoms with Gasteiger partial charge < -0.3 is 19.5 Å². The van der Waals surface area contributed by atoms with Crippen LogP contribution in [-0.4, -0.2) is 71.1 Å². The van der Waals surface area contributed by atoms with Crippen LogP contribution in [0.5, 0.6) is 0 Å². The average Bonchev–Trinajstić information content (AvgIpc) is 3.10. The summed E-state index contributed by atoms with van der Waals surface area (Å²) in [7, 11) is 0. The molecule has 1 aliphatic heterocycles. The first-order chi connectivity index (χ1) is 14.3. The highest BCUT2D eigenvalue weighted by Crippen LogP contribution is 2.31. The fraction of sp³-hybridized carbons (Fsp3) is 0.364. The Morgan fingerprint density at radius 1 is 1.00 bits per heavy atom. The van der Waals surface area contributed by atoms with Gasteiger partial charge in [0.15, 0.2) is 0 Å². The summed E-state index contributed by atoms with van der Waals surface area (Å²) >= 11 is 0. The molecule has 30 heavy (non-hydrogen) atoms. The van der Waals surface area contributed by atoms with E-state index in [4.69, 9.17) is 4.74 Å². The zero-order valence-electron chi connectivity index (χ0n) is 17.4. The molecule has 8 heteroatoms. The number of aromatic amines is 1. The summed E-state index contributed by atoms with van der Waals surface area (Å²) in [5.41, 5.74) is 1.79. The third-order valence-corrected chi connectivity index (χ3v) is 5.16. The molecule has 1 fully saturated rings. The molecule has 8 nitrogen and oxygen atoms in total. The number of nitrogens with zero attached hydrogens (tertiary/aromatic N) is 2. The van der Waals surface area contributed by atoms with Gasteiger partial charge in [0.1, 0.15) is 5.69 Å². The number of hydrogen-bond donors (Lipinski definition) is 1. The van der Waals surface area contributed by atoms with Crippen molar-refractivity contribution in [2.24, 2.45) is 0 Å². The Morgan fingerprint density at radius 2 is 1.60 bits per heavy atom. The van der Waals surface area contributed by atoms with Crippen molar-refractivity contribution in [3.8, 4) is 11.1 Å². The molecule has 2 aromatic rings. The van der Waals surface area contributed by atoms with Gasteiger partial charge in [-0.05, 0) is 19.4 Å². The lowest BCUT2D eigenvalue weighted by atomic mass is 9.98. The molecule has 1 saturated heterocycles. The number of carbonyl (C=O) groups is 4. The predicted octanol–water partition coefficient (Wildman–Crippen LogP) is 2.04. The van der Waals surface area contributed by atoms with Crippen molar-refractivity contribution < 1.29 is 23.9 Å². The van der Waals surface area contributed by atoms with Crippen molar-refractivity contribution in [1.82, 2.24) is 14.8 Å². The number of piperazine rings is 1. The second-order valence-electron chi connectivity index (χ2n) is 7.09. The van der Waals surface area contributed by atoms with E-state index in [9.17, 15) is 19.2 Å². The number of ether oxygens (including phenoxy) is 1. The summed E-state index contributed by atoms with van der Waals surface area (Å²) in [5, 5.41) is 0. The van der Waals surface area contributed by atoms with E-state index in [1.807, 2.05) is 6.07 Å².